The van der Waals surface area contributed by atoms with Gasteiger partial charge in [-0.3, -0.25) is 0 Å². The van der Waals surface area contributed by atoms with Gasteiger partial charge in [-0.1, -0.05) is 6.07 Å². The van der Waals surface area contributed by atoms with Crippen LogP contribution in [0.3, 0.4) is 0 Å². The van der Waals surface area contributed by atoms with Crippen LogP contribution in [0, 0.1) is 11.6 Å². The molecule has 0 amide bonds. The van der Waals surface area contributed by atoms with Crippen molar-refractivity contribution in [2.24, 2.45) is 0 Å². The second kappa shape index (κ2) is 5.69. The lowest BCUT2D eigenvalue weighted by molar-refractivity contribution is 0.464. The zero-order valence-corrected chi connectivity index (χ0v) is 10.6. The molecule has 0 saturated carbocycles. The van der Waals surface area contributed by atoms with Crippen LogP contribution in [0.1, 0.15) is 12.5 Å². The summed E-state index contributed by atoms with van der Waals surface area (Å²) in [5, 5.41) is 9.71. The monoisotopic (exact) mass is 263 g/mol. The third-order valence-corrected chi connectivity index (χ3v) is 2.96. The fourth-order valence-corrected chi connectivity index (χ4v) is 1.94. The van der Waals surface area contributed by atoms with Crippen molar-refractivity contribution < 1.29 is 13.9 Å². The summed E-state index contributed by atoms with van der Waals surface area (Å²) in [6.45, 7) is 2.87. The van der Waals surface area contributed by atoms with Gasteiger partial charge in [0.15, 0.2) is 0 Å². The fourth-order valence-electron chi connectivity index (χ4n) is 1.94. The van der Waals surface area contributed by atoms with Crippen molar-refractivity contribution in [1.29, 1.82) is 0 Å². The highest BCUT2D eigenvalue weighted by Crippen LogP contribution is 2.23. The predicted molar refractivity (Wildman–Crippen MR) is 71.2 cm³/mol. The average molecular weight is 263 g/mol. The van der Waals surface area contributed by atoms with Crippen LogP contribution >= 0.6 is 0 Å². The molecule has 0 spiro atoms. The molecule has 0 aromatic heterocycles. The van der Waals surface area contributed by atoms with Gasteiger partial charge in [0.25, 0.3) is 0 Å². The molecule has 1 N–H and O–H groups in total. The van der Waals surface area contributed by atoms with Crippen molar-refractivity contribution in [2.75, 3.05) is 11.4 Å². The Bertz CT molecular complexity index is 572. The standard InChI is InChI=1S/C15H15F2NO/c1-2-18(14-5-3-4-12(16)9-14)10-11-8-13(17)6-7-15(11)19/h3-9,19H,2,10H2,1H3. The van der Waals surface area contributed by atoms with Crippen molar-refractivity contribution in [3.63, 3.8) is 0 Å². The average Bonchev–Trinajstić information content (AvgIpc) is 2.39. The van der Waals surface area contributed by atoms with Crippen molar-refractivity contribution >= 4 is 5.69 Å². The van der Waals surface area contributed by atoms with E-state index in [0.717, 1.165) is 0 Å². The number of nitrogens with zero attached hydrogens (tertiary/aromatic N) is 1. The minimum atomic E-state index is -0.400. The zero-order valence-electron chi connectivity index (χ0n) is 10.6. The van der Waals surface area contributed by atoms with Crippen LogP contribution in [0.4, 0.5) is 14.5 Å². The molecule has 19 heavy (non-hydrogen) atoms. The lowest BCUT2D eigenvalue weighted by Gasteiger charge is -2.23. The molecule has 2 nitrogen and oxygen atoms in total. The molecule has 0 unspecified atom stereocenters. The summed E-state index contributed by atoms with van der Waals surface area (Å²) < 4.78 is 26.4. The Morgan fingerprint density at radius 1 is 1.05 bits per heavy atom. The molecule has 0 aliphatic carbocycles. The van der Waals surface area contributed by atoms with E-state index in [2.05, 4.69) is 0 Å². The first-order valence-electron chi connectivity index (χ1n) is 6.08. The lowest BCUT2D eigenvalue weighted by atomic mass is 10.1. The molecule has 4 heteroatoms. The van der Waals surface area contributed by atoms with Gasteiger partial charge in [-0.2, -0.15) is 0 Å². The number of hydrogen-bond donors (Lipinski definition) is 1. The molecule has 0 fully saturated rings. The van der Waals surface area contributed by atoms with E-state index in [1.165, 1.54) is 30.3 Å². The highest BCUT2D eigenvalue weighted by molar-refractivity contribution is 5.48. The maximum absolute atomic E-state index is 13.2. The van der Waals surface area contributed by atoms with Crippen LogP contribution in [0.2, 0.25) is 0 Å². The Hall–Kier alpha value is -2.10. The second-order valence-corrected chi connectivity index (χ2v) is 4.27. The molecule has 100 valence electrons. The molecule has 0 saturated heterocycles. The molecule has 2 rings (SSSR count). The number of phenols is 1. The number of anilines is 1. The molecular formula is C15H15F2NO. The van der Waals surface area contributed by atoms with E-state index in [-0.39, 0.29) is 11.6 Å². The van der Waals surface area contributed by atoms with Gasteiger partial charge in [0.05, 0.1) is 0 Å². The van der Waals surface area contributed by atoms with Crippen LogP contribution < -0.4 is 4.90 Å². The Morgan fingerprint density at radius 3 is 2.47 bits per heavy atom. The largest absolute Gasteiger partial charge is 0.508 e. The molecule has 0 heterocycles. The number of rotatable bonds is 4. The molecule has 0 atom stereocenters. The number of phenolic OH excluding ortho intramolecular Hbond substituents is 1. The van der Waals surface area contributed by atoms with Crippen LogP contribution in [0.15, 0.2) is 42.5 Å². The van der Waals surface area contributed by atoms with Crippen LogP contribution in [0.5, 0.6) is 5.75 Å². The maximum atomic E-state index is 13.2. The van der Waals surface area contributed by atoms with Gasteiger partial charge in [-0.25, -0.2) is 8.78 Å². The summed E-state index contributed by atoms with van der Waals surface area (Å²) in [5.74, 6) is -0.682. The van der Waals surface area contributed by atoms with Gasteiger partial charge in [0.2, 0.25) is 0 Å². The van der Waals surface area contributed by atoms with Crippen molar-refractivity contribution in [3.05, 3.63) is 59.7 Å². The van der Waals surface area contributed by atoms with Crippen LogP contribution in [0.25, 0.3) is 0 Å². The van der Waals surface area contributed by atoms with E-state index in [4.69, 9.17) is 0 Å². The summed E-state index contributed by atoms with van der Waals surface area (Å²) in [7, 11) is 0. The van der Waals surface area contributed by atoms with E-state index in [1.807, 2.05) is 11.8 Å². The third-order valence-electron chi connectivity index (χ3n) is 2.96. The third kappa shape index (κ3) is 3.22. The number of hydrogen-bond acceptors (Lipinski definition) is 2. The van der Waals surface area contributed by atoms with Crippen molar-refractivity contribution in [1.82, 2.24) is 0 Å². The summed E-state index contributed by atoms with van der Waals surface area (Å²) in [5.41, 5.74) is 1.18. The highest BCUT2D eigenvalue weighted by atomic mass is 19.1. The molecule has 0 bridgehead atoms. The molecule has 2 aromatic rings. The quantitative estimate of drug-likeness (QED) is 0.909. The maximum Gasteiger partial charge on any atom is 0.125 e. The zero-order chi connectivity index (χ0) is 13.8. The minimum absolute atomic E-state index is 0.0382. The number of benzene rings is 2. The SMILES string of the molecule is CCN(Cc1cc(F)ccc1O)c1cccc(F)c1. The lowest BCUT2D eigenvalue weighted by Crippen LogP contribution is -2.22. The Morgan fingerprint density at radius 2 is 1.79 bits per heavy atom. The van der Waals surface area contributed by atoms with Crippen molar-refractivity contribution in [2.45, 2.75) is 13.5 Å². The van der Waals surface area contributed by atoms with Gasteiger partial charge in [-0.15, -0.1) is 0 Å². The molecule has 2 aromatic carbocycles. The second-order valence-electron chi connectivity index (χ2n) is 4.27. The summed E-state index contributed by atoms with van der Waals surface area (Å²) in [6, 6.07) is 10.0. The van der Waals surface area contributed by atoms with Gasteiger partial charge in [0.1, 0.15) is 17.4 Å². The smallest absolute Gasteiger partial charge is 0.125 e. The minimum Gasteiger partial charge on any atom is -0.508 e. The Kier molecular flexibility index (Phi) is 4.00. The molecule has 0 aliphatic heterocycles. The van der Waals surface area contributed by atoms with E-state index in [9.17, 15) is 13.9 Å². The molecule has 0 radical (unpaired) electrons. The van der Waals surface area contributed by atoms with E-state index >= 15 is 0 Å². The first-order valence-corrected chi connectivity index (χ1v) is 6.08. The fraction of sp³-hybridized carbons (Fsp3) is 0.200. The summed E-state index contributed by atoms with van der Waals surface area (Å²) >= 11 is 0. The van der Waals surface area contributed by atoms with Gasteiger partial charge in [0, 0.05) is 24.3 Å². The highest BCUT2D eigenvalue weighted by Gasteiger charge is 2.10. The van der Waals surface area contributed by atoms with Crippen molar-refractivity contribution in [3.8, 4) is 5.75 Å². The number of halogens is 2. The Labute approximate surface area is 110 Å². The Balaban J connectivity index is 2.26. The van der Waals surface area contributed by atoms with Gasteiger partial charge >= 0.3 is 0 Å². The van der Waals surface area contributed by atoms with E-state index in [0.29, 0.717) is 24.3 Å². The van der Waals surface area contributed by atoms with Gasteiger partial charge in [-0.05, 0) is 43.3 Å². The first kappa shape index (κ1) is 13.3. The molecular weight excluding hydrogens is 248 g/mol. The normalized spacial score (nSPS) is 10.5. The molecule has 0 aliphatic rings. The summed E-state index contributed by atoms with van der Waals surface area (Å²) in [4.78, 5) is 1.86. The predicted octanol–water partition coefficient (Wildman–Crippen LogP) is 3.70. The first-order chi connectivity index (χ1) is 9.10. The topological polar surface area (TPSA) is 23.5 Å². The van der Waals surface area contributed by atoms with Crippen LogP contribution in [-0.4, -0.2) is 11.7 Å². The van der Waals surface area contributed by atoms with Crippen LogP contribution in [-0.2, 0) is 6.54 Å². The van der Waals surface area contributed by atoms with Gasteiger partial charge < -0.3 is 10.0 Å². The number of aromatic hydroxyl groups is 1. The summed E-state index contributed by atoms with van der Waals surface area (Å²) in [6.07, 6.45) is 0. The van der Waals surface area contributed by atoms with E-state index in [1.54, 1.807) is 12.1 Å². The van der Waals surface area contributed by atoms with E-state index < -0.39 is 5.82 Å².